The highest BCUT2D eigenvalue weighted by atomic mass is 32.1. The van der Waals surface area contributed by atoms with Crippen LogP contribution in [0.2, 0.25) is 0 Å². The molecule has 0 unspecified atom stereocenters. The van der Waals surface area contributed by atoms with Crippen molar-refractivity contribution >= 4 is 22.9 Å². The molecule has 1 aromatic carbocycles. The molecule has 5 rings (SSSR count). The second-order valence-corrected chi connectivity index (χ2v) is 9.06. The van der Waals surface area contributed by atoms with Gasteiger partial charge in [-0.2, -0.15) is 0 Å². The summed E-state index contributed by atoms with van der Waals surface area (Å²) in [5, 5.41) is 3.34. The van der Waals surface area contributed by atoms with E-state index in [1.807, 2.05) is 93.4 Å². The van der Waals surface area contributed by atoms with Crippen molar-refractivity contribution in [3.8, 4) is 11.4 Å². The summed E-state index contributed by atoms with van der Waals surface area (Å²) >= 11 is 1.43. The topological polar surface area (TPSA) is 74.0 Å². The van der Waals surface area contributed by atoms with Crippen LogP contribution >= 0.6 is 11.5 Å². The molecule has 0 amide bonds. The van der Waals surface area contributed by atoms with Crippen LogP contribution in [0, 0.1) is 6.92 Å². The summed E-state index contributed by atoms with van der Waals surface area (Å²) in [4.78, 5) is 18.7. The zero-order chi connectivity index (χ0) is 26.2. The molecule has 3 aromatic heterocycles. The second kappa shape index (κ2) is 12.5. The monoisotopic (exact) mass is 507 g/mol. The Morgan fingerprint density at radius 2 is 1.86 bits per heavy atom. The fraction of sp³-hybridized carbons (Fsp3) is 0.393. The van der Waals surface area contributed by atoms with Crippen LogP contribution in [0.25, 0.3) is 5.69 Å². The molecular weight excluding hydrogens is 470 g/mol. The van der Waals surface area contributed by atoms with E-state index in [4.69, 9.17) is 4.74 Å². The fourth-order valence-corrected chi connectivity index (χ4v) is 4.53. The molecule has 0 saturated heterocycles. The predicted molar refractivity (Wildman–Crippen MR) is 149 cm³/mol. The van der Waals surface area contributed by atoms with Crippen molar-refractivity contribution in [1.29, 1.82) is 0 Å². The van der Waals surface area contributed by atoms with E-state index in [0.717, 1.165) is 21.9 Å². The number of ether oxygens (including phenoxy) is 1. The zero-order valence-corrected chi connectivity index (χ0v) is 23.1. The Kier molecular flexibility index (Phi) is 9.47. The van der Waals surface area contributed by atoms with E-state index < -0.39 is 0 Å². The summed E-state index contributed by atoms with van der Waals surface area (Å²) in [6, 6.07) is 9.72. The lowest BCUT2D eigenvalue weighted by Gasteiger charge is -2.18. The van der Waals surface area contributed by atoms with Crippen molar-refractivity contribution in [2.24, 2.45) is 0 Å². The maximum absolute atomic E-state index is 13.4. The largest absolute Gasteiger partial charge is 0.494 e. The molecule has 1 aliphatic rings. The molecule has 0 bridgehead atoms. The van der Waals surface area contributed by atoms with E-state index in [1.54, 1.807) is 19.6 Å². The lowest BCUT2D eigenvalue weighted by Crippen LogP contribution is -2.25. The Morgan fingerprint density at radius 3 is 2.44 bits per heavy atom. The van der Waals surface area contributed by atoms with Gasteiger partial charge < -0.3 is 19.2 Å². The van der Waals surface area contributed by atoms with Gasteiger partial charge in [-0.05, 0) is 74.0 Å². The summed E-state index contributed by atoms with van der Waals surface area (Å²) < 4.78 is 13.6. The van der Waals surface area contributed by atoms with Gasteiger partial charge in [-0.15, -0.1) is 0 Å². The average Bonchev–Trinajstić information content (AvgIpc) is 3.44. The third-order valence-corrected chi connectivity index (χ3v) is 6.76. The van der Waals surface area contributed by atoms with E-state index in [2.05, 4.69) is 14.7 Å². The molecule has 1 atom stereocenters. The number of nitrogens with one attached hydrogen (secondary N) is 1. The Hall–Kier alpha value is -3.39. The van der Waals surface area contributed by atoms with Crippen LogP contribution in [0.3, 0.4) is 0 Å². The van der Waals surface area contributed by atoms with Crippen molar-refractivity contribution in [2.75, 3.05) is 12.4 Å². The summed E-state index contributed by atoms with van der Waals surface area (Å²) in [6.07, 6.45) is 9.84. The highest BCUT2D eigenvalue weighted by molar-refractivity contribution is 7.05. The first-order valence-corrected chi connectivity index (χ1v) is 13.4. The number of methoxy groups -OCH3 is 1. The summed E-state index contributed by atoms with van der Waals surface area (Å²) in [7, 11) is 1.64. The number of pyridine rings is 1. The van der Waals surface area contributed by atoms with Crippen LogP contribution in [-0.4, -0.2) is 25.6 Å². The normalized spacial score (nSPS) is 13.1. The number of nitrogens with zero attached hydrogens (tertiary/aromatic N) is 4. The quantitative estimate of drug-likeness (QED) is 0.289. The molecule has 1 fully saturated rings. The molecular formula is C28H37N5O2S. The molecule has 3 heterocycles. The number of aryl methyl sites for hydroxylation is 1. The third kappa shape index (κ3) is 6.05. The van der Waals surface area contributed by atoms with Crippen molar-refractivity contribution in [3.63, 3.8) is 0 Å². The lowest BCUT2D eigenvalue weighted by molar-refractivity contribution is 0.413. The van der Waals surface area contributed by atoms with Gasteiger partial charge in [-0.3, -0.25) is 4.79 Å². The first kappa shape index (κ1) is 27.2. The van der Waals surface area contributed by atoms with Gasteiger partial charge in [-0.1, -0.05) is 27.7 Å². The molecule has 4 aromatic rings. The molecule has 8 heteroatoms. The van der Waals surface area contributed by atoms with Gasteiger partial charge in [-0.25, -0.2) is 9.36 Å². The van der Waals surface area contributed by atoms with Gasteiger partial charge in [0.2, 0.25) is 0 Å². The number of anilines is 2. The van der Waals surface area contributed by atoms with Crippen LogP contribution in [0.15, 0.2) is 60.0 Å². The third-order valence-electron chi connectivity index (χ3n) is 5.85. The minimum atomic E-state index is -0.0735. The summed E-state index contributed by atoms with van der Waals surface area (Å²) in [5.41, 5.74) is 4.33. The zero-order valence-electron chi connectivity index (χ0n) is 22.3. The van der Waals surface area contributed by atoms with Crippen LogP contribution in [0.4, 0.5) is 11.4 Å². The smallest absolute Gasteiger partial charge is 0.274 e. The van der Waals surface area contributed by atoms with E-state index in [1.165, 1.54) is 29.9 Å². The minimum Gasteiger partial charge on any atom is -0.494 e. The van der Waals surface area contributed by atoms with Gasteiger partial charge in [0.05, 0.1) is 30.9 Å². The van der Waals surface area contributed by atoms with Crippen LogP contribution < -0.4 is 15.6 Å². The van der Waals surface area contributed by atoms with E-state index in [9.17, 15) is 4.79 Å². The number of benzene rings is 1. The van der Waals surface area contributed by atoms with Crippen molar-refractivity contribution in [3.05, 3.63) is 81.7 Å². The highest BCUT2D eigenvalue weighted by Crippen LogP contribution is 2.41. The van der Waals surface area contributed by atoms with Crippen LogP contribution in [0.5, 0.6) is 5.75 Å². The van der Waals surface area contributed by atoms with Crippen LogP contribution in [0.1, 0.15) is 75.6 Å². The van der Waals surface area contributed by atoms with Crippen molar-refractivity contribution < 1.29 is 4.74 Å². The predicted octanol–water partition coefficient (Wildman–Crippen LogP) is 7.09. The SMILES string of the molecule is CC.CC.COc1cc(Nc2cc(C3CC3)cn([C@@H](C)c3ccns3)c2=O)ccc1-n1cnc(C)c1. The molecule has 1 aliphatic carbocycles. The Labute approximate surface area is 218 Å². The first-order chi connectivity index (χ1) is 17.5. The van der Waals surface area contributed by atoms with E-state index >= 15 is 0 Å². The molecule has 0 radical (unpaired) electrons. The van der Waals surface area contributed by atoms with Crippen molar-refractivity contribution in [2.45, 2.75) is 66.3 Å². The summed E-state index contributed by atoms with van der Waals surface area (Å²) in [5.74, 6) is 1.22. The Balaban J connectivity index is 0.000000861. The summed E-state index contributed by atoms with van der Waals surface area (Å²) in [6.45, 7) is 12.0. The van der Waals surface area contributed by atoms with E-state index in [0.29, 0.717) is 17.4 Å². The van der Waals surface area contributed by atoms with Gasteiger partial charge in [0.25, 0.3) is 5.56 Å². The van der Waals surface area contributed by atoms with E-state index in [-0.39, 0.29) is 11.6 Å². The molecule has 0 spiro atoms. The molecule has 0 aliphatic heterocycles. The maximum atomic E-state index is 13.4. The van der Waals surface area contributed by atoms with Gasteiger partial charge in [0.1, 0.15) is 11.4 Å². The first-order valence-electron chi connectivity index (χ1n) is 12.7. The fourth-order valence-electron chi connectivity index (χ4n) is 3.90. The highest BCUT2D eigenvalue weighted by Gasteiger charge is 2.26. The average molecular weight is 508 g/mol. The van der Waals surface area contributed by atoms with Crippen molar-refractivity contribution in [1.82, 2.24) is 18.5 Å². The number of hydrogen-bond donors (Lipinski definition) is 1. The molecule has 7 nitrogen and oxygen atoms in total. The minimum absolute atomic E-state index is 0.0522. The number of aromatic nitrogens is 4. The number of imidazole rings is 1. The molecule has 1 saturated carbocycles. The van der Waals surface area contributed by atoms with Gasteiger partial charge >= 0.3 is 0 Å². The second-order valence-electron chi connectivity index (χ2n) is 8.20. The van der Waals surface area contributed by atoms with Gasteiger partial charge in [0, 0.05) is 35.2 Å². The standard InChI is InChI=1S/C24H25N5O2S.2C2H6/c1-15-12-28(14-25-15)21-7-6-19(11-22(21)31-3)27-20-10-18(17-4-5-17)13-29(24(20)30)16(2)23-8-9-26-32-23;2*1-2/h6-14,16-17,27H,4-5H2,1-3H3;2*1-2H3/t16-;;/m0../s1. The van der Waals surface area contributed by atoms with Gasteiger partial charge in [0.15, 0.2) is 0 Å². The maximum Gasteiger partial charge on any atom is 0.274 e. The number of rotatable bonds is 7. The van der Waals surface area contributed by atoms with Crippen LogP contribution in [-0.2, 0) is 0 Å². The molecule has 36 heavy (non-hydrogen) atoms. The molecule has 192 valence electrons. The lowest BCUT2D eigenvalue weighted by atomic mass is 10.1. The number of hydrogen-bond acceptors (Lipinski definition) is 6. The Morgan fingerprint density at radius 1 is 1.11 bits per heavy atom. The Bertz CT molecular complexity index is 1310. The molecule has 1 N–H and O–H groups in total.